The van der Waals surface area contributed by atoms with Crippen LogP contribution < -0.4 is 9.64 Å². The van der Waals surface area contributed by atoms with Crippen molar-refractivity contribution in [1.29, 1.82) is 0 Å². The molecule has 0 fully saturated rings. The molecule has 0 aliphatic heterocycles. The van der Waals surface area contributed by atoms with Crippen LogP contribution in [0.5, 0.6) is 5.75 Å². The molecule has 4 nitrogen and oxygen atoms in total. The van der Waals surface area contributed by atoms with Crippen molar-refractivity contribution in [2.45, 2.75) is 6.61 Å². The Morgan fingerprint density at radius 1 is 1.04 bits per heavy atom. The molecule has 6 heteroatoms. The number of nitrogens with zero attached hydrogens (tertiary/aromatic N) is 1. The Bertz CT molecular complexity index is 659. The summed E-state index contributed by atoms with van der Waals surface area (Å²) in [5.41, 5.74) is 1.97. The van der Waals surface area contributed by atoms with Gasteiger partial charge >= 0.3 is 5.97 Å². The summed E-state index contributed by atoms with van der Waals surface area (Å²) in [6.45, 7) is 1.55. The summed E-state index contributed by atoms with van der Waals surface area (Å²) >= 11 is 11.7. The Balaban J connectivity index is 2.29. The van der Waals surface area contributed by atoms with Crippen LogP contribution in [0.3, 0.4) is 0 Å². The average Bonchev–Trinajstić information content (AvgIpc) is 2.60. The van der Waals surface area contributed by atoms with E-state index in [9.17, 15) is 9.90 Å². The first-order chi connectivity index (χ1) is 11.7. The predicted molar refractivity (Wildman–Crippen MR) is 97.8 cm³/mol. The number of anilines is 1. The molecule has 0 saturated heterocycles. The van der Waals surface area contributed by atoms with Crippen LogP contribution in [-0.2, 0) is 6.61 Å². The van der Waals surface area contributed by atoms with E-state index in [-0.39, 0.29) is 5.56 Å². The molecule has 1 N–H and O–H groups in total. The number of carboxylic acid groups (broad SMARTS) is 1. The highest BCUT2D eigenvalue weighted by molar-refractivity contribution is 6.18. The van der Waals surface area contributed by atoms with Gasteiger partial charge < -0.3 is 14.7 Å². The summed E-state index contributed by atoms with van der Waals surface area (Å²) in [5, 5.41) is 9.22. The Labute approximate surface area is 151 Å². The van der Waals surface area contributed by atoms with Crippen molar-refractivity contribution in [3.63, 3.8) is 0 Å². The third-order valence-corrected chi connectivity index (χ3v) is 3.83. The van der Waals surface area contributed by atoms with Gasteiger partial charge in [0, 0.05) is 24.8 Å². The molecule has 0 unspecified atom stereocenters. The molecule has 2 rings (SSSR count). The van der Waals surface area contributed by atoms with Gasteiger partial charge in [-0.3, -0.25) is 0 Å². The third-order valence-electron chi connectivity index (χ3n) is 3.49. The van der Waals surface area contributed by atoms with E-state index < -0.39 is 5.97 Å². The lowest BCUT2D eigenvalue weighted by molar-refractivity contribution is 0.0696. The molecule has 0 saturated carbocycles. The minimum Gasteiger partial charge on any atom is -0.487 e. The second-order valence-electron chi connectivity index (χ2n) is 5.13. The molecule has 0 aliphatic rings. The van der Waals surface area contributed by atoms with Crippen molar-refractivity contribution in [3.05, 3.63) is 59.7 Å². The number of alkyl halides is 2. The number of aromatic carboxylic acids is 1. The second kappa shape index (κ2) is 9.40. The molecule has 0 heterocycles. The van der Waals surface area contributed by atoms with Gasteiger partial charge in [0.25, 0.3) is 0 Å². The van der Waals surface area contributed by atoms with E-state index in [1.54, 1.807) is 12.1 Å². The molecule has 0 spiro atoms. The molecule has 0 aromatic heterocycles. The number of rotatable bonds is 9. The first-order valence-corrected chi connectivity index (χ1v) is 8.63. The van der Waals surface area contributed by atoms with Crippen LogP contribution >= 0.6 is 23.2 Å². The van der Waals surface area contributed by atoms with Crippen molar-refractivity contribution < 1.29 is 14.6 Å². The van der Waals surface area contributed by atoms with Crippen LogP contribution in [0.1, 0.15) is 15.9 Å². The Morgan fingerprint density at radius 3 is 2.29 bits per heavy atom. The van der Waals surface area contributed by atoms with Crippen molar-refractivity contribution in [3.8, 4) is 5.75 Å². The van der Waals surface area contributed by atoms with Crippen LogP contribution in [0.2, 0.25) is 0 Å². The minimum absolute atomic E-state index is 0.179. The molecule has 0 radical (unpaired) electrons. The summed E-state index contributed by atoms with van der Waals surface area (Å²) in [5.74, 6) is 0.395. The van der Waals surface area contributed by atoms with Gasteiger partial charge in [0.05, 0.1) is 11.3 Å². The van der Waals surface area contributed by atoms with Crippen molar-refractivity contribution in [2.24, 2.45) is 0 Å². The van der Waals surface area contributed by atoms with Crippen LogP contribution in [0, 0.1) is 0 Å². The summed E-state index contributed by atoms with van der Waals surface area (Å²) in [6.07, 6.45) is 0. The number of hydrogen-bond acceptors (Lipinski definition) is 3. The van der Waals surface area contributed by atoms with Gasteiger partial charge in [-0.05, 0) is 23.8 Å². The highest BCUT2D eigenvalue weighted by atomic mass is 35.5. The lowest BCUT2D eigenvalue weighted by Crippen LogP contribution is -2.28. The van der Waals surface area contributed by atoms with Crippen LogP contribution in [0.25, 0.3) is 0 Å². The fourth-order valence-electron chi connectivity index (χ4n) is 2.32. The number of ether oxygens (including phenoxy) is 1. The fourth-order valence-corrected chi connectivity index (χ4v) is 2.72. The maximum absolute atomic E-state index is 11.2. The average molecular weight is 368 g/mol. The van der Waals surface area contributed by atoms with E-state index in [1.165, 1.54) is 6.07 Å². The number of hydrogen-bond donors (Lipinski definition) is 1. The molecular weight excluding hydrogens is 349 g/mol. The number of halogens is 2. The Morgan fingerprint density at radius 2 is 1.71 bits per heavy atom. The summed E-state index contributed by atoms with van der Waals surface area (Å²) in [6, 6.07) is 14.5. The lowest BCUT2D eigenvalue weighted by atomic mass is 10.1. The van der Waals surface area contributed by atoms with E-state index in [1.807, 2.05) is 35.2 Å². The first-order valence-electron chi connectivity index (χ1n) is 7.56. The molecule has 0 bridgehead atoms. The number of carbonyl (C=O) groups is 1. The highest BCUT2D eigenvalue weighted by Crippen LogP contribution is 2.30. The van der Waals surface area contributed by atoms with Gasteiger partial charge in [-0.25, -0.2) is 4.79 Å². The quantitative estimate of drug-likeness (QED) is 0.673. The van der Waals surface area contributed by atoms with Crippen molar-refractivity contribution >= 4 is 34.9 Å². The molecule has 0 atom stereocenters. The predicted octanol–water partition coefficient (Wildman–Crippen LogP) is 4.25. The topological polar surface area (TPSA) is 49.8 Å². The molecule has 2 aromatic rings. The van der Waals surface area contributed by atoms with Crippen molar-refractivity contribution in [2.75, 3.05) is 29.7 Å². The minimum atomic E-state index is -0.993. The molecule has 0 aliphatic carbocycles. The van der Waals surface area contributed by atoms with Gasteiger partial charge in [0.15, 0.2) is 0 Å². The molecule has 24 heavy (non-hydrogen) atoms. The van der Waals surface area contributed by atoms with E-state index in [4.69, 9.17) is 27.9 Å². The third kappa shape index (κ3) is 5.05. The standard InChI is InChI=1S/C18H19Cl2NO3/c19-8-10-21(11-9-20)16-7-6-15(18(22)23)12-17(16)24-13-14-4-2-1-3-5-14/h1-7,12H,8-11,13H2,(H,22,23). The van der Waals surface area contributed by atoms with E-state index in [0.29, 0.717) is 37.2 Å². The smallest absolute Gasteiger partial charge is 0.335 e. The van der Waals surface area contributed by atoms with Gasteiger partial charge in [-0.15, -0.1) is 23.2 Å². The zero-order valence-corrected chi connectivity index (χ0v) is 14.6. The highest BCUT2D eigenvalue weighted by Gasteiger charge is 2.15. The van der Waals surface area contributed by atoms with E-state index >= 15 is 0 Å². The zero-order valence-electron chi connectivity index (χ0n) is 13.1. The summed E-state index contributed by atoms with van der Waals surface area (Å²) < 4.78 is 5.90. The summed E-state index contributed by atoms with van der Waals surface area (Å²) in [7, 11) is 0. The number of benzene rings is 2. The number of carboxylic acids is 1. The molecule has 128 valence electrons. The Kier molecular flexibility index (Phi) is 7.22. The Hall–Kier alpha value is -1.91. The first kappa shape index (κ1) is 18.4. The largest absolute Gasteiger partial charge is 0.487 e. The SMILES string of the molecule is O=C(O)c1ccc(N(CCCl)CCCl)c(OCc2ccccc2)c1. The van der Waals surface area contributed by atoms with Crippen LogP contribution in [0.15, 0.2) is 48.5 Å². The molecular formula is C18H19Cl2NO3. The van der Waals surface area contributed by atoms with Gasteiger partial charge in [-0.2, -0.15) is 0 Å². The normalized spacial score (nSPS) is 10.4. The molecule has 0 amide bonds. The summed E-state index contributed by atoms with van der Waals surface area (Å²) in [4.78, 5) is 13.2. The van der Waals surface area contributed by atoms with Crippen LogP contribution in [0.4, 0.5) is 5.69 Å². The lowest BCUT2D eigenvalue weighted by Gasteiger charge is -2.25. The maximum Gasteiger partial charge on any atom is 0.335 e. The van der Waals surface area contributed by atoms with Gasteiger partial charge in [-0.1, -0.05) is 30.3 Å². The van der Waals surface area contributed by atoms with E-state index in [0.717, 1.165) is 11.3 Å². The monoisotopic (exact) mass is 367 g/mol. The maximum atomic E-state index is 11.2. The molecule has 2 aromatic carbocycles. The van der Waals surface area contributed by atoms with E-state index in [2.05, 4.69) is 0 Å². The van der Waals surface area contributed by atoms with Gasteiger partial charge in [0.2, 0.25) is 0 Å². The van der Waals surface area contributed by atoms with Crippen LogP contribution in [-0.4, -0.2) is 35.9 Å². The fraction of sp³-hybridized carbons (Fsp3) is 0.278. The van der Waals surface area contributed by atoms with Crippen molar-refractivity contribution in [1.82, 2.24) is 0 Å². The van der Waals surface area contributed by atoms with Gasteiger partial charge in [0.1, 0.15) is 12.4 Å². The zero-order chi connectivity index (χ0) is 17.4. The second-order valence-corrected chi connectivity index (χ2v) is 5.88.